The van der Waals surface area contributed by atoms with Gasteiger partial charge in [0.2, 0.25) is 0 Å². The average molecular weight is 554 g/mol. The quantitative estimate of drug-likeness (QED) is 0.309. The second kappa shape index (κ2) is 11.6. The first-order valence-corrected chi connectivity index (χ1v) is 12.0. The topological polar surface area (TPSA) is 77.4 Å². The number of amidine groups is 1. The summed E-state index contributed by atoms with van der Waals surface area (Å²) in [5, 5.41) is 1.23. The van der Waals surface area contributed by atoms with Crippen LogP contribution in [0.2, 0.25) is 5.02 Å². The lowest BCUT2D eigenvalue weighted by atomic mass is 10.2. The molecule has 3 rings (SSSR count). The van der Waals surface area contributed by atoms with Gasteiger partial charge in [-0.1, -0.05) is 34.5 Å². The van der Waals surface area contributed by atoms with E-state index in [1.165, 1.54) is 26.0 Å². The Bertz CT molecular complexity index is 1100. The van der Waals surface area contributed by atoms with E-state index >= 15 is 0 Å². The van der Waals surface area contributed by atoms with Crippen LogP contribution in [-0.4, -0.2) is 49.3 Å². The molecule has 1 saturated heterocycles. The number of esters is 1. The number of amides is 1. The second-order valence-electron chi connectivity index (χ2n) is 6.83. The summed E-state index contributed by atoms with van der Waals surface area (Å²) < 4.78 is 16.2. The van der Waals surface area contributed by atoms with Gasteiger partial charge < -0.3 is 14.2 Å². The third-order valence-corrected chi connectivity index (χ3v) is 6.47. The van der Waals surface area contributed by atoms with Crippen LogP contribution >= 0.6 is 39.3 Å². The lowest BCUT2D eigenvalue weighted by Crippen LogP contribution is -2.29. The lowest BCUT2D eigenvalue weighted by molar-refractivity contribution is -0.142. The van der Waals surface area contributed by atoms with E-state index in [1.54, 1.807) is 47.4 Å². The zero-order valence-corrected chi connectivity index (χ0v) is 21.4. The standard InChI is InChI=1S/C23H22BrClN2O5S/c1-4-9-27-22(29)20(33-23(27)26-16-7-5-15(25)6-8-16)11-14-10-18(30-2)19(12-17(14)24)32-13-21(28)31-3/h5-8,10-12H,4,9,13H2,1-3H3/b20-11-,26-23?. The van der Waals surface area contributed by atoms with Crippen LogP contribution in [0, 0.1) is 0 Å². The number of hydrogen-bond acceptors (Lipinski definition) is 7. The Morgan fingerprint density at radius 2 is 1.94 bits per heavy atom. The third-order valence-electron chi connectivity index (χ3n) is 4.53. The second-order valence-corrected chi connectivity index (χ2v) is 9.13. The fourth-order valence-electron chi connectivity index (χ4n) is 2.91. The van der Waals surface area contributed by atoms with Gasteiger partial charge in [0, 0.05) is 16.0 Å². The molecular formula is C23H22BrClN2O5S. The van der Waals surface area contributed by atoms with Gasteiger partial charge in [-0.2, -0.15) is 0 Å². The van der Waals surface area contributed by atoms with Crippen molar-refractivity contribution in [1.29, 1.82) is 0 Å². The monoisotopic (exact) mass is 552 g/mol. The van der Waals surface area contributed by atoms with Crippen molar-refractivity contribution in [2.24, 2.45) is 4.99 Å². The predicted octanol–water partition coefficient (Wildman–Crippen LogP) is 5.68. The van der Waals surface area contributed by atoms with Crippen molar-refractivity contribution in [1.82, 2.24) is 4.90 Å². The summed E-state index contributed by atoms with van der Waals surface area (Å²) in [7, 11) is 2.79. The van der Waals surface area contributed by atoms with Crippen LogP contribution in [0.1, 0.15) is 18.9 Å². The van der Waals surface area contributed by atoms with E-state index in [-0.39, 0.29) is 12.5 Å². The van der Waals surface area contributed by atoms with Crippen molar-refractivity contribution < 1.29 is 23.8 Å². The zero-order valence-electron chi connectivity index (χ0n) is 18.3. The number of hydrogen-bond donors (Lipinski definition) is 0. The Hall–Kier alpha value is -2.49. The van der Waals surface area contributed by atoms with Crippen molar-refractivity contribution in [3.8, 4) is 11.5 Å². The number of ether oxygens (including phenoxy) is 3. The highest BCUT2D eigenvalue weighted by molar-refractivity contribution is 9.10. The minimum Gasteiger partial charge on any atom is -0.493 e. The number of methoxy groups -OCH3 is 2. The van der Waals surface area contributed by atoms with Crippen LogP contribution in [0.4, 0.5) is 5.69 Å². The van der Waals surface area contributed by atoms with Crippen molar-refractivity contribution in [3.63, 3.8) is 0 Å². The minimum atomic E-state index is -0.504. The molecule has 7 nitrogen and oxygen atoms in total. The third kappa shape index (κ3) is 6.31. The molecule has 1 aliphatic rings. The molecule has 2 aromatic rings. The first kappa shape index (κ1) is 25.1. The molecular weight excluding hydrogens is 532 g/mol. The molecule has 174 valence electrons. The summed E-state index contributed by atoms with van der Waals surface area (Å²) in [6, 6.07) is 10.6. The van der Waals surface area contributed by atoms with Crippen LogP contribution in [-0.2, 0) is 14.3 Å². The van der Waals surface area contributed by atoms with Gasteiger partial charge in [0.25, 0.3) is 5.91 Å². The molecule has 0 saturated carbocycles. The van der Waals surface area contributed by atoms with Gasteiger partial charge in [-0.25, -0.2) is 9.79 Å². The Labute approximate surface area is 209 Å². The fourth-order valence-corrected chi connectivity index (χ4v) is 4.49. The molecule has 0 spiro atoms. The van der Waals surface area contributed by atoms with E-state index in [9.17, 15) is 9.59 Å². The van der Waals surface area contributed by atoms with Crippen LogP contribution in [0.15, 0.2) is 50.8 Å². The molecule has 33 heavy (non-hydrogen) atoms. The van der Waals surface area contributed by atoms with E-state index in [4.69, 9.17) is 21.1 Å². The van der Waals surface area contributed by atoms with Crippen molar-refractivity contribution in [2.75, 3.05) is 27.4 Å². The molecule has 0 unspecified atom stereocenters. The number of thioether (sulfide) groups is 1. The largest absolute Gasteiger partial charge is 0.493 e. The number of aliphatic imine (C=N–C) groups is 1. The number of rotatable bonds is 8. The highest BCUT2D eigenvalue weighted by atomic mass is 79.9. The Morgan fingerprint density at radius 3 is 2.58 bits per heavy atom. The van der Waals surface area contributed by atoms with Crippen LogP contribution in [0.25, 0.3) is 6.08 Å². The van der Waals surface area contributed by atoms with E-state index < -0.39 is 5.97 Å². The zero-order chi connectivity index (χ0) is 24.0. The summed E-state index contributed by atoms with van der Waals surface area (Å²) in [6.07, 6.45) is 2.57. The molecule has 1 heterocycles. The lowest BCUT2D eigenvalue weighted by Gasteiger charge is -2.14. The van der Waals surface area contributed by atoms with Crippen LogP contribution in [0.3, 0.4) is 0 Å². The smallest absolute Gasteiger partial charge is 0.343 e. The number of halogens is 2. The number of benzene rings is 2. The summed E-state index contributed by atoms with van der Waals surface area (Å²) in [5.74, 6) is 0.173. The van der Waals surface area contributed by atoms with Gasteiger partial charge in [0.15, 0.2) is 23.3 Å². The fraction of sp³-hybridized carbons (Fsp3) is 0.261. The Morgan fingerprint density at radius 1 is 1.21 bits per heavy atom. The normalized spacial score (nSPS) is 15.9. The molecule has 1 amide bonds. The number of nitrogens with zero attached hydrogens (tertiary/aromatic N) is 2. The van der Waals surface area contributed by atoms with E-state index in [2.05, 4.69) is 25.7 Å². The van der Waals surface area contributed by atoms with E-state index in [0.717, 1.165) is 12.0 Å². The van der Waals surface area contributed by atoms with Crippen molar-refractivity contribution in [3.05, 3.63) is 56.4 Å². The van der Waals surface area contributed by atoms with Gasteiger partial charge in [-0.15, -0.1) is 0 Å². The maximum Gasteiger partial charge on any atom is 0.343 e. The summed E-state index contributed by atoms with van der Waals surface area (Å²) >= 11 is 10.8. The number of carbonyl (C=O) groups excluding carboxylic acids is 2. The molecule has 0 aromatic heterocycles. The van der Waals surface area contributed by atoms with Crippen LogP contribution < -0.4 is 9.47 Å². The van der Waals surface area contributed by atoms with Crippen molar-refractivity contribution in [2.45, 2.75) is 13.3 Å². The molecule has 0 aliphatic carbocycles. The van der Waals surface area contributed by atoms with Gasteiger partial charge in [0.1, 0.15) is 0 Å². The van der Waals surface area contributed by atoms with Gasteiger partial charge in [0.05, 0.1) is 24.8 Å². The molecule has 1 aliphatic heterocycles. The van der Waals surface area contributed by atoms with Crippen molar-refractivity contribution >= 4 is 68.1 Å². The molecule has 10 heteroatoms. The van der Waals surface area contributed by atoms with E-state index in [0.29, 0.717) is 43.3 Å². The van der Waals surface area contributed by atoms with E-state index in [1.807, 2.05) is 6.92 Å². The summed E-state index contributed by atoms with van der Waals surface area (Å²) in [4.78, 5) is 31.3. The molecule has 0 radical (unpaired) electrons. The Kier molecular flexibility index (Phi) is 8.82. The minimum absolute atomic E-state index is 0.119. The molecule has 0 N–H and O–H groups in total. The molecule has 2 aromatic carbocycles. The molecule has 1 fully saturated rings. The maximum absolute atomic E-state index is 13.1. The SMILES string of the molecule is CCCN1C(=O)/C(=C/c2cc(OC)c(OCC(=O)OC)cc2Br)SC1=Nc1ccc(Cl)cc1. The van der Waals surface area contributed by atoms with Crippen LogP contribution in [0.5, 0.6) is 11.5 Å². The highest BCUT2D eigenvalue weighted by Gasteiger charge is 2.33. The molecule has 0 bridgehead atoms. The summed E-state index contributed by atoms with van der Waals surface area (Å²) in [6.45, 7) is 2.32. The average Bonchev–Trinajstić information content (AvgIpc) is 3.09. The first-order valence-electron chi connectivity index (χ1n) is 9.99. The maximum atomic E-state index is 13.1. The van der Waals surface area contributed by atoms with Gasteiger partial charge in [-0.3, -0.25) is 9.69 Å². The number of carbonyl (C=O) groups is 2. The summed E-state index contributed by atoms with van der Waals surface area (Å²) in [5.41, 5.74) is 1.43. The van der Waals surface area contributed by atoms with Gasteiger partial charge >= 0.3 is 5.97 Å². The highest BCUT2D eigenvalue weighted by Crippen LogP contribution is 2.39. The predicted molar refractivity (Wildman–Crippen MR) is 134 cm³/mol. The Balaban J connectivity index is 1.92. The van der Waals surface area contributed by atoms with Gasteiger partial charge in [-0.05, 0) is 66.2 Å². The first-order chi connectivity index (χ1) is 15.9. The molecule has 0 atom stereocenters.